The molecule has 0 radical (unpaired) electrons. The van der Waals surface area contributed by atoms with Crippen LogP contribution in [0.2, 0.25) is 10.0 Å². The van der Waals surface area contributed by atoms with Crippen LogP contribution in [0.3, 0.4) is 0 Å². The highest BCUT2D eigenvalue weighted by molar-refractivity contribution is 6.36. The van der Waals surface area contributed by atoms with Gasteiger partial charge in [-0.1, -0.05) is 41.4 Å². The van der Waals surface area contributed by atoms with Crippen molar-refractivity contribution in [2.24, 2.45) is 0 Å². The SMILES string of the molecule is Cc1c(Cl)ccc(OC(C)CCC(=O)Nc2ccccc2)c1Cl. The fourth-order valence-corrected chi connectivity index (χ4v) is 2.50. The lowest BCUT2D eigenvalue weighted by Crippen LogP contribution is -2.18. The number of carbonyl (C=O) groups excluding carboxylic acids is 1. The molecular weight excluding hydrogens is 333 g/mol. The summed E-state index contributed by atoms with van der Waals surface area (Å²) in [5, 5.41) is 3.97. The number of carbonyl (C=O) groups is 1. The van der Waals surface area contributed by atoms with Crippen LogP contribution in [0.25, 0.3) is 0 Å². The number of para-hydroxylation sites is 1. The first-order valence-corrected chi connectivity index (χ1v) is 8.19. The second kappa shape index (κ2) is 8.23. The summed E-state index contributed by atoms with van der Waals surface area (Å²) in [6.45, 7) is 3.76. The first-order valence-electron chi connectivity index (χ1n) is 7.43. The molecule has 0 spiro atoms. The van der Waals surface area contributed by atoms with Gasteiger partial charge in [-0.25, -0.2) is 0 Å². The minimum absolute atomic E-state index is 0.0370. The van der Waals surface area contributed by atoms with Crippen LogP contribution in [-0.2, 0) is 4.79 Å². The minimum Gasteiger partial charge on any atom is -0.489 e. The average molecular weight is 352 g/mol. The zero-order valence-electron chi connectivity index (χ0n) is 13.1. The first-order chi connectivity index (χ1) is 11.0. The Kier molecular flexibility index (Phi) is 6.31. The number of halogens is 2. The predicted molar refractivity (Wildman–Crippen MR) is 95.6 cm³/mol. The number of amides is 1. The van der Waals surface area contributed by atoms with E-state index in [9.17, 15) is 4.79 Å². The van der Waals surface area contributed by atoms with E-state index in [-0.39, 0.29) is 12.0 Å². The fraction of sp³-hybridized carbons (Fsp3) is 0.278. The van der Waals surface area contributed by atoms with Crippen molar-refractivity contribution in [3.8, 4) is 5.75 Å². The predicted octanol–water partition coefficient (Wildman–Crippen LogP) is 5.49. The minimum atomic E-state index is -0.130. The molecule has 3 nitrogen and oxygen atoms in total. The number of nitrogens with one attached hydrogen (secondary N) is 1. The van der Waals surface area contributed by atoms with Crippen molar-refractivity contribution in [1.82, 2.24) is 0 Å². The summed E-state index contributed by atoms with van der Waals surface area (Å²) in [5.41, 5.74) is 1.59. The summed E-state index contributed by atoms with van der Waals surface area (Å²) < 4.78 is 5.81. The Hall–Kier alpha value is -1.71. The van der Waals surface area contributed by atoms with Crippen molar-refractivity contribution >= 4 is 34.8 Å². The fourth-order valence-electron chi connectivity index (χ4n) is 2.08. The molecular formula is C18H19Cl2NO2. The van der Waals surface area contributed by atoms with Crippen molar-refractivity contribution in [1.29, 1.82) is 0 Å². The van der Waals surface area contributed by atoms with Crippen LogP contribution in [0, 0.1) is 6.92 Å². The third kappa shape index (κ3) is 5.15. The van der Waals surface area contributed by atoms with Crippen molar-refractivity contribution < 1.29 is 9.53 Å². The van der Waals surface area contributed by atoms with Crippen LogP contribution in [0.4, 0.5) is 5.69 Å². The van der Waals surface area contributed by atoms with E-state index in [4.69, 9.17) is 27.9 Å². The molecule has 2 aromatic carbocycles. The summed E-state index contributed by atoms with van der Waals surface area (Å²) in [5.74, 6) is 0.551. The van der Waals surface area contributed by atoms with Gasteiger partial charge >= 0.3 is 0 Å². The average Bonchev–Trinajstić information content (AvgIpc) is 2.54. The molecule has 0 aromatic heterocycles. The molecule has 2 rings (SSSR count). The number of anilines is 1. The van der Waals surface area contributed by atoms with E-state index in [1.807, 2.05) is 44.2 Å². The quantitative estimate of drug-likeness (QED) is 0.747. The topological polar surface area (TPSA) is 38.3 Å². The Bertz CT molecular complexity index is 674. The maximum Gasteiger partial charge on any atom is 0.224 e. The van der Waals surface area contributed by atoms with E-state index in [0.717, 1.165) is 11.3 Å². The molecule has 0 saturated carbocycles. The second-order valence-electron chi connectivity index (χ2n) is 5.37. The van der Waals surface area contributed by atoms with Gasteiger partial charge in [-0.05, 0) is 50.1 Å². The smallest absolute Gasteiger partial charge is 0.224 e. The van der Waals surface area contributed by atoms with Gasteiger partial charge in [-0.2, -0.15) is 0 Å². The molecule has 2 aromatic rings. The Balaban J connectivity index is 1.84. The van der Waals surface area contributed by atoms with Gasteiger partial charge in [0.2, 0.25) is 5.91 Å². The van der Waals surface area contributed by atoms with Gasteiger partial charge in [-0.3, -0.25) is 4.79 Å². The number of hydrogen-bond acceptors (Lipinski definition) is 2. The highest BCUT2D eigenvalue weighted by Crippen LogP contribution is 2.33. The zero-order chi connectivity index (χ0) is 16.8. The summed E-state index contributed by atoms with van der Waals surface area (Å²) in [6.07, 6.45) is 0.839. The van der Waals surface area contributed by atoms with Crippen molar-refractivity contribution in [3.63, 3.8) is 0 Å². The lowest BCUT2D eigenvalue weighted by molar-refractivity contribution is -0.116. The number of ether oxygens (including phenoxy) is 1. The van der Waals surface area contributed by atoms with Gasteiger partial charge in [0.15, 0.2) is 0 Å². The molecule has 0 aliphatic carbocycles. The molecule has 1 amide bonds. The Morgan fingerprint density at radius 3 is 2.57 bits per heavy atom. The summed E-state index contributed by atoms with van der Waals surface area (Å²) in [7, 11) is 0. The molecule has 5 heteroatoms. The molecule has 0 saturated heterocycles. The summed E-state index contributed by atoms with van der Waals surface area (Å²) in [6, 6.07) is 12.9. The molecule has 0 aliphatic heterocycles. The van der Waals surface area contributed by atoms with Crippen molar-refractivity contribution in [3.05, 3.63) is 58.1 Å². The van der Waals surface area contributed by atoms with Crippen LogP contribution in [0.1, 0.15) is 25.3 Å². The Morgan fingerprint density at radius 1 is 1.17 bits per heavy atom. The van der Waals surface area contributed by atoms with Crippen molar-refractivity contribution in [2.75, 3.05) is 5.32 Å². The monoisotopic (exact) mass is 351 g/mol. The van der Waals surface area contributed by atoms with Gasteiger partial charge in [0.25, 0.3) is 0 Å². The second-order valence-corrected chi connectivity index (χ2v) is 6.15. The molecule has 0 bridgehead atoms. The van der Waals surface area contributed by atoms with E-state index in [1.54, 1.807) is 12.1 Å². The Morgan fingerprint density at radius 2 is 1.87 bits per heavy atom. The summed E-state index contributed by atoms with van der Waals surface area (Å²) >= 11 is 12.2. The first kappa shape index (κ1) is 17.6. The van der Waals surface area contributed by atoms with Crippen LogP contribution in [0.5, 0.6) is 5.75 Å². The van der Waals surface area contributed by atoms with Gasteiger partial charge in [0, 0.05) is 17.1 Å². The molecule has 0 heterocycles. The lowest BCUT2D eigenvalue weighted by Gasteiger charge is -2.17. The van der Waals surface area contributed by atoms with Gasteiger partial charge in [0.1, 0.15) is 5.75 Å². The normalized spacial score (nSPS) is 11.8. The third-order valence-electron chi connectivity index (χ3n) is 3.45. The molecule has 1 N–H and O–H groups in total. The number of hydrogen-bond donors (Lipinski definition) is 1. The van der Waals surface area contributed by atoms with Crippen LogP contribution < -0.4 is 10.1 Å². The summed E-state index contributed by atoms with van der Waals surface area (Å²) in [4.78, 5) is 11.9. The number of rotatable bonds is 6. The molecule has 23 heavy (non-hydrogen) atoms. The Labute approximate surface area is 146 Å². The third-order valence-corrected chi connectivity index (χ3v) is 4.33. The highest BCUT2D eigenvalue weighted by Gasteiger charge is 2.13. The maximum atomic E-state index is 11.9. The van der Waals surface area contributed by atoms with E-state index < -0.39 is 0 Å². The molecule has 0 fully saturated rings. The van der Waals surface area contributed by atoms with Gasteiger partial charge in [0.05, 0.1) is 11.1 Å². The van der Waals surface area contributed by atoms with E-state index >= 15 is 0 Å². The van der Waals surface area contributed by atoms with Crippen LogP contribution in [0.15, 0.2) is 42.5 Å². The lowest BCUT2D eigenvalue weighted by atomic mass is 10.2. The van der Waals surface area contributed by atoms with E-state index in [0.29, 0.717) is 28.6 Å². The molecule has 122 valence electrons. The molecule has 0 aliphatic rings. The van der Waals surface area contributed by atoms with Crippen molar-refractivity contribution in [2.45, 2.75) is 32.8 Å². The molecule has 1 atom stereocenters. The van der Waals surface area contributed by atoms with Crippen LogP contribution in [-0.4, -0.2) is 12.0 Å². The van der Waals surface area contributed by atoms with E-state index in [1.165, 1.54) is 0 Å². The zero-order valence-corrected chi connectivity index (χ0v) is 14.6. The largest absolute Gasteiger partial charge is 0.489 e. The van der Waals surface area contributed by atoms with Crippen LogP contribution >= 0.6 is 23.2 Å². The van der Waals surface area contributed by atoms with Gasteiger partial charge < -0.3 is 10.1 Å². The van der Waals surface area contributed by atoms with E-state index in [2.05, 4.69) is 5.32 Å². The number of benzene rings is 2. The maximum absolute atomic E-state index is 11.9. The standard InChI is InChI=1S/C18H19Cl2NO2/c1-12(23-16-10-9-15(19)13(2)18(16)20)8-11-17(22)21-14-6-4-3-5-7-14/h3-7,9-10,12H,8,11H2,1-2H3,(H,21,22). The van der Waals surface area contributed by atoms with Gasteiger partial charge in [-0.15, -0.1) is 0 Å². The highest BCUT2D eigenvalue weighted by atomic mass is 35.5. The molecule has 1 unspecified atom stereocenters.